The van der Waals surface area contributed by atoms with E-state index in [1.807, 2.05) is 0 Å². The van der Waals surface area contributed by atoms with Gasteiger partial charge in [0, 0.05) is 12.0 Å². The minimum Gasteiger partial charge on any atom is -0.473 e. The third kappa shape index (κ3) is 5.16. The van der Waals surface area contributed by atoms with Crippen molar-refractivity contribution in [2.24, 2.45) is 0 Å². The summed E-state index contributed by atoms with van der Waals surface area (Å²) in [5, 5.41) is 6.16. The first-order valence-corrected chi connectivity index (χ1v) is 10.4. The van der Waals surface area contributed by atoms with E-state index in [1.54, 1.807) is 13.8 Å². The molecule has 1 aliphatic rings. The van der Waals surface area contributed by atoms with E-state index in [0.717, 1.165) is 24.5 Å². The van der Waals surface area contributed by atoms with E-state index in [-0.39, 0.29) is 46.8 Å². The summed E-state index contributed by atoms with van der Waals surface area (Å²) in [7, 11) is 0. The molecule has 1 atom stereocenters. The van der Waals surface area contributed by atoms with Gasteiger partial charge in [0.1, 0.15) is 36.4 Å². The van der Waals surface area contributed by atoms with Crippen molar-refractivity contribution in [3.8, 4) is 17.1 Å². The Balaban J connectivity index is 1.74. The van der Waals surface area contributed by atoms with Gasteiger partial charge >= 0.3 is 0 Å². The molecule has 1 fully saturated rings. The Morgan fingerprint density at radius 3 is 2.74 bits per heavy atom. The second-order valence-electron chi connectivity index (χ2n) is 7.95. The lowest BCUT2D eigenvalue weighted by Gasteiger charge is -2.29. The average Bonchev–Trinajstić information content (AvgIpc) is 3.24. The molecule has 1 amide bonds. The van der Waals surface area contributed by atoms with Crippen LogP contribution >= 0.6 is 0 Å². The number of ether oxygens (including phenoxy) is 2. The van der Waals surface area contributed by atoms with Crippen molar-refractivity contribution in [3.63, 3.8) is 0 Å². The van der Waals surface area contributed by atoms with Crippen molar-refractivity contribution < 1.29 is 36.4 Å². The van der Waals surface area contributed by atoms with Gasteiger partial charge in [0.2, 0.25) is 5.76 Å². The monoisotopic (exact) mass is 480 g/mol. The van der Waals surface area contributed by atoms with Crippen LogP contribution in [0.5, 0.6) is 5.88 Å². The molecule has 1 unspecified atom stereocenters. The minimum absolute atomic E-state index is 0.0377. The molecule has 12 heteroatoms. The van der Waals surface area contributed by atoms with E-state index >= 15 is 0 Å². The van der Waals surface area contributed by atoms with Gasteiger partial charge in [-0.15, -0.1) is 0 Å². The van der Waals surface area contributed by atoms with Crippen molar-refractivity contribution in [1.82, 2.24) is 15.1 Å². The van der Waals surface area contributed by atoms with E-state index in [1.165, 1.54) is 6.07 Å². The maximum absolute atomic E-state index is 14.6. The summed E-state index contributed by atoms with van der Waals surface area (Å²) in [6, 6.07) is 3.98. The number of carbonyl (C=O) groups excluding carboxylic acids is 1. The summed E-state index contributed by atoms with van der Waals surface area (Å²) in [4.78, 5) is 21.0. The van der Waals surface area contributed by atoms with Gasteiger partial charge in [-0.2, -0.15) is 0 Å². The largest absolute Gasteiger partial charge is 0.473 e. The van der Waals surface area contributed by atoms with E-state index in [9.17, 15) is 22.4 Å². The predicted molar refractivity (Wildman–Crippen MR) is 110 cm³/mol. The molecule has 0 saturated carbocycles. The molecule has 1 aromatic carbocycles. The number of amides is 1. The highest BCUT2D eigenvalue weighted by Gasteiger charge is 2.38. The number of aromatic nitrogens is 3. The lowest BCUT2D eigenvalue weighted by Crippen LogP contribution is -2.31. The summed E-state index contributed by atoms with van der Waals surface area (Å²) < 4.78 is 71.4. The van der Waals surface area contributed by atoms with Crippen molar-refractivity contribution in [2.75, 3.05) is 11.9 Å². The van der Waals surface area contributed by atoms with Crippen LogP contribution in [0.3, 0.4) is 0 Å². The Labute approximate surface area is 191 Å². The second-order valence-corrected chi connectivity index (χ2v) is 7.95. The molecule has 0 bridgehead atoms. The molecule has 180 valence electrons. The summed E-state index contributed by atoms with van der Waals surface area (Å²) in [6.45, 7) is 2.67. The first-order valence-electron chi connectivity index (χ1n) is 10.4. The molecule has 1 N–H and O–H groups in total. The van der Waals surface area contributed by atoms with E-state index in [2.05, 4.69) is 20.4 Å². The van der Waals surface area contributed by atoms with Gasteiger partial charge in [-0.05, 0) is 43.6 Å². The molecule has 1 aliphatic heterocycles. The number of nitrogens with zero attached hydrogens (tertiary/aromatic N) is 3. The number of nitrogens with one attached hydrogen (secondary N) is 1. The third-order valence-corrected chi connectivity index (χ3v) is 4.94. The number of benzene rings is 1. The maximum atomic E-state index is 14.6. The van der Waals surface area contributed by atoms with Crippen LogP contribution < -0.4 is 10.1 Å². The van der Waals surface area contributed by atoms with E-state index < -0.39 is 42.6 Å². The molecule has 4 rings (SSSR count). The Morgan fingerprint density at radius 2 is 2.03 bits per heavy atom. The molecule has 34 heavy (non-hydrogen) atoms. The Morgan fingerprint density at radius 1 is 1.24 bits per heavy atom. The zero-order valence-electron chi connectivity index (χ0n) is 18.1. The number of rotatable bonds is 6. The molecule has 0 radical (unpaired) electrons. The number of hydrogen-bond acceptors (Lipinski definition) is 7. The van der Waals surface area contributed by atoms with Gasteiger partial charge in [0.05, 0.1) is 23.6 Å². The van der Waals surface area contributed by atoms with E-state index in [0.29, 0.717) is 0 Å². The first-order chi connectivity index (χ1) is 16.1. The van der Waals surface area contributed by atoms with Gasteiger partial charge < -0.3 is 19.3 Å². The SMILES string of the molecule is CC(C)Oc1cc(C(=O)Nc2c(-c3cc(F)ccc3F)ncnc2C2CCC(F)(F)CO2)on1. The quantitative estimate of drug-likeness (QED) is 0.499. The van der Waals surface area contributed by atoms with Gasteiger partial charge in [-0.1, -0.05) is 0 Å². The van der Waals surface area contributed by atoms with Crippen molar-refractivity contribution in [2.45, 2.75) is 44.8 Å². The van der Waals surface area contributed by atoms with Gasteiger partial charge in [0.15, 0.2) is 0 Å². The van der Waals surface area contributed by atoms with Crippen LogP contribution in [0, 0.1) is 11.6 Å². The van der Waals surface area contributed by atoms with Crippen LogP contribution in [-0.2, 0) is 4.74 Å². The fourth-order valence-electron chi connectivity index (χ4n) is 3.42. The van der Waals surface area contributed by atoms with Crippen LogP contribution in [0.2, 0.25) is 0 Å². The summed E-state index contributed by atoms with van der Waals surface area (Å²) in [5.74, 6) is -5.55. The average molecular weight is 480 g/mol. The van der Waals surface area contributed by atoms with Crippen LogP contribution in [0.4, 0.5) is 23.2 Å². The highest BCUT2D eigenvalue weighted by Crippen LogP contribution is 2.40. The molecular weight excluding hydrogens is 460 g/mol. The lowest BCUT2D eigenvalue weighted by atomic mass is 10.00. The summed E-state index contributed by atoms with van der Waals surface area (Å²) in [5.41, 5.74) is -0.512. The van der Waals surface area contributed by atoms with Crippen molar-refractivity contribution in [1.29, 1.82) is 0 Å². The number of hydrogen-bond donors (Lipinski definition) is 1. The standard InChI is InChI=1S/C22H20F4N4O4/c1-11(2)33-17-8-16(34-30-17)21(31)29-20-18(13-7-12(23)3-4-14(13)24)27-10-28-19(20)15-5-6-22(25,26)9-32-15/h3-4,7-8,10-11,15H,5-6,9H2,1-2H3,(H,29,31). The van der Waals surface area contributed by atoms with Gasteiger partial charge in [-0.25, -0.2) is 27.5 Å². The highest BCUT2D eigenvalue weighted by atomic mass is 19.3. The summed E-state index contributed by atoms with van der Waals surface area (Å²) in [6.07, 6.45) is -0.699. The van der Waals surface area contributed by atoms with Crippen molar-refractivity contribution >= 4 is 11.6 Å². The Hall–Kier alpha value is -3.54. The number of halogens is 4. The third-order valence-electron chi connectivity index (χ3n) is 4.94. The number of alkyl halides is 2. The molecule has 0 spiro atoms. The molecule has 1 saturated heterocycles. The second kappa shape index (κ2) is 9.37. The van der Waals surface area contributed by atoms with Crippen LogP contribution in [0.25, 0.3) is 11.3 Å². The first kappa shape index (κ1) is 23.6. The molecule has 3 aromatic rings. The Bertz CT molecular complexity index is 1190. The zero-order chi connectivity index (χ0) is 24.5. The fraction of sp³-hybridized carbons (Fsp3) is 0.364. The molecule has 8 nitrogen and oxygen atoms in total. The topological polar surface area (TPSA) is 99.4 Å². The molecule has 2 aromatic heterocycles. The number of carbonyl (C=O) groups is 1. The molecule has 3 heterocycles. The van der Waals surface area contributed by atoms with Crippen LogP contribution in [0.1, 0.15) is 49.0 Å². The van der Waals surface area contributed by atoms with Gasteiger partial charge in [-0.3, -0.25) is 4.79 Å². The maximum Gasteiger partial charge on any atom is 0.294 e. The molecule has 0 aliphatic carbocycles. The van der Waals surface area contributed by atoms with E-state index in [4.69, 9.17) is 14.0 Å². The van der Waals surface area contributed by atoms with Crippen LogP contribution in [-0.4, -0.2) is 39.7 Å². The van der Waals surface area contributed by atoms with Gasteiger partial charge in [0.25, 0.3) is 17.7 Å². The fourth-order valence-corrected chi connectivity index (χ4v) is 3.42. The molecular formula is C22H20F4N4O4. The number of anilines is 1. The highest BCUT2D eigenvalue weighted by molar-refractivity contribution is 6.04. The summed E-state index contributed by atoms with van der Waals surface area (Å²) >= 11 is 0. The predicted octanol–water partition coefficient (Wildman–Crippen LogP) is 4.94. The smallest absolute Gasteiger partial charge is 0.294 e. The van der Waals surface area contributed by atoms with Crippen molar-refractivity contribution in [3.05, 3.63) is 53.7 Å². The van der Waals surface area contributed by atoms with Crippen LogP contribution in [0.15, 0.2) is 35.1 Å². The lowest BCUT2D eigenvalue weighted by molar-refractivity contribution is -0.146. The normalized spacial score (nSPS) is 17.6. The minimum atomic E-state index is -3.00. The Kier molecular flexibility index (Phi) is 6.51. The zero-order valence-corrected chi connectivity index (χ0v) is 18.1.